The first-order chi connectivity index (χ1) is 17.9. The van der Waals surface area contributed by atoms with Crippen LogP contribution in [0.15, 0.2) is 73.7 Å². The molecule has 0 aliphatic rings. The molecule has 0 radical (unpaired) electrons. The van der Waals surface area contributed by atoms with Crippen molar-refractivity contribution >= 4 is 33.1 Å². The topological polar surface area (TPSA) is 110 Å². The highest BCUT2D eigenvalue weighted by Crippen LogP contribution is 2.50. The number of carbonyl (C=O) groups is 1. The zero-order valence-corrected chi connectivity index (χ0v) is 21.3. The van der Waals surface area contributed by atoms with E-state index >= 15 is 0 Å². The first-order valence-corrected chi connectivity index (χ1v) is 12.4. The van der Waals surface area contributed by atoms with E-state index in [2.05, 4.69) is 47.1 Å². The maximum absolute atomic E-state index is 11.6. The second-order valence-electron chi connectivity index (χ2n) is 8.73. The number of pyridine rings is 1. The second-order valence-corrected chi connectivity index (χ2v) is 9.75. The van der Waals surface area contributed by atoms with Crippen molar-refractivity contribution in [1.82, 2.24) is 20.1 Å². The number of nitrogen functional groups attached to an aromatic ring is 1. The second kappa shape index (κ2) is 9.72. The molecule has 0 spiro atoms. The molecule has 0 aliphatic heterocycles. The van der Waals surface area contributed by atoms with Gasteiger partial charge in [0.1, 0.15) is 5.82 Å². The summed E-state index contributed by atoms with van der Waals surface area (Å²) in [5.74, 6) is 0.242. The number of amides is 1. The van der Waals surface area contributed by atoms with Gasteiger partial charge in [-0.2, -0.15) is 10.4 Å². The number of nitrogens with zero attached hydrogens (tertiary/aromatic N) is 4. The van der Waals surface area contributed by atoms with Crippen molar-refractivity contribution in [3.05, 3.63) is 90.4 Å². The highest BCUT2D eigenvalue weighted by atomic mass is 32.1. The van der Waals surface area contributed by atoms with E-state index in [1.54, 1.807) is 22.2 Å². The molecular formula is C29H24N6OS. The number of aryl methyl sites for hydroxylation is 2. The van der Waals surface area contributed by atoms with Crippen LogP contribution in [0.4, 0.5) is 5.82 Å². The predicted octanol–water partition coefficient (Wildman–Crippen LogP) is 5.60. The molecule has 0 saturated heterocycles. The van der Waals surface area contributed by atoms with Gasteiger partial charge in [-0.25, -0.2) is 4.98 Å². The lowest BCUT2D eigenvalue weighted by Crippen LogP contribution is -2.19. The quantitative estimate of drug-likeness (QED) is 0.293. The Kier molecular flexibility index (Phi) is 6.30. The number of nitrogens with two attached hydrogens (primary N) is 1. The summed E-state index contributed by atoms with van der Waals surface area (Å²) in [4.78, 5) is 17.2. The molecule has 7 nitrogen and oxygen atoms in total. The van der Waals surface area contributed by atoms with Gasteiger partial charge in [-0.15, -0.1) is 11.3 Å². The number of hydrogen-bond acceptors (Lipinski definition) is 6. The lowest BCUT2D eigenvalue weighted by atomic mass is 9.95. The minimum Gasteiger partial charge on any atom is -0.383 e. The fourth-order valence-corrected chi connectivity index (χ4v) is 5.87. The van der Waals surface area contributed by atoms with Gasteiger partial charge in [0.15, 0.2) is 0 Å². The van der Waals surface area contributed by atoms with E-state index in [1.807, 2.05) is 49.8 Å². The van der Waals surface area contributed by atoms with Gasteiger partial charge in [0.25, 0.3) is 0 Å². The largest absolute Gasteiger partial charge is 0.383 e. The van der Waals surface area contributed by atoms with Gasteiger partial charge in [-0.1, -0.05) is 36.9 Å². The van der Waals surface area contributed by atoms with Crippen LogP contribution >= 0.6 is 11.3 Å². The number of rotatable bonds is 6. The van der Waals surface area contributed by atoms with Crippen LogP contribution in [0.25, 0.3) is 42.8 Å². The molecule has 2 aromatic carbocycles. The Morgan fingerprint density at radius 2 is 1.97 bits per heavy atom. The molecule has 0 bridgehead atoms. The Hall–Kier alpha value is -4.74. The molecule has 1 amide bonds. The van der Waals surface area contributed by atoms with Gasteiger partial charge in [0, 0.05) is 57.6 Å². The van der Waals surface area contributed by atoms with E-state index < -0.39 is 0 Å². The predicted molar refractivity (Wildman–Crippen MR) is 149 cm³/mol. The third kappa shape index (κ3) is 4.48. The first-order valence-electron chi connectivity index (χ1n) is 11.6. The average Bonchev–Trinajstić information content (AvgIpc) is 3.52. The van der Waals surface area contributed by atoms with E-state index in [9.17, 15) is 10.1 Å². The summed E-state index contributed by atoms with van der Waals surface area (Å²) >= 11 is 1.66. The van der Waals surface area contributed by atoms with Gasteiger partial charge < -0.3 is 11.1 Å². The molecule has 5 rings (SSSR count). The highest BCUT2D eigenvalue weighted by Gasteiger charge is 2.22. The van der Waals surface area contributed by atoms with Crippen molar-refractivity contribution in [2.75, 3.05) is 5.73 Å². The molecule has 0 unspecified atom stereocenters. The fourth-order valence-electron chi connectivity index (χ4n) is 4.42. The molecule has 0 atom stereocenters. The van der Waals surface area contributed by atoms with E-state index in [1.165, 1.54) is 6.08 Å². The maximum atomic E-state index is 11.6. The van der Waals surface area contributed by atoms with Gasteiger partial charge in [0.05, 0.1) is 17.8 Å². The van der Waals surface area contributed by atoms with Gasteiger partial charge in [-0.3, -0.25) is 9.48 Å². The van der Waals surface area contributed by atoms with Crippen molar-refractivity contribution < 1.29 is 4.79 Å². The maximum Gasteiger partial charge on any atom is 0.243 e. The van der Waals surface area contributed by atoms with Crippen molar-refractivity contribution in [3.8, 4) is 38.8 Å². The smallest absolute Gasteiger partial charge is 0.243 e. The summed E-state index contributed by atoms with van der Waals surface area (Å²) in [7, 11) is 1.88. The van der Waals surface area contributed by atoms with Crippen LogP contribution in [0.1, 0.15) is 16.7 Å². The van der Waals surface area contributed by atoms with E-state index in [4.69, 9.17) is 5.73 Å². The molecule has 0 saturated carbocycles. The molecule has 5 aromatic rings. The van der Waals surface area contributed by atoms with Gasteiger partial charge in [0.2, 0.25) is 5.91 Å². The molecule has 3 N–H and O–H groups in total. The molecule has 8 heteroatoms. The standard InChI is InChI=1S/C29H24N6OS/c1-4-24(36)32-13-19-7-10-22(17(2)11-19)27-25(20-8-5-18(12-30)6-9-20)26-28(37-27)23(15-33-29(26)31)21-14-34-35(3)16-21/h4-11,14-16H,1,13H2,2-3H3,(H2,31,33)(H,32,36). The number of carbonyl (C=O) groups excluding carboxylic acids is 1. The molecule has 0 aliphatic carbocycles. The average molecular weight is 505 g/mol. The zero-order valence-electron chi connectivity index (χ0n) is 20.4. The summed E-state index contributed by atoms with van der Waals surface area (Å²) in [5.41, 5.74) is 14.1. The number of benzene rings is 2. The van der Waals surface area contributed by atoms with Crippen LogP contribution in [0, 0.1) is 18.3 Å². The minimum atomic E-state index is -0.208. The summed E-state index contributed by atoms with van der Waals surface area (Å²) in [6.07, 6.45) is 6.85. The number of aromatic nitrogens is 3. The third-order valence-electron chi connectivity index (χ3n) is 6.25. The zero-order chi connectivity index (χ0) is 26.1. The van der Waals surface area contributed by atoms with Crippen molar-refractivity contribution in [2.24, 2.45) is 7.05 Å². The molecule has 0 fully saturated rings. The lowest BCUT2D eigenvalue weighted by Gasteiger charge is -2.11. The summed E-state index contributed by atoms with van der Waals surface area (Å²) < 4.78 is 2.79. The van der Waals surface area contributed by atoms with Crippen molar-refractivity contribution in [1.29, 1.82) is 5.26 Å². The normalized spacial score (nSPS) is 10.8. The van der Waals surface area contributed by atoms with Crippen molar-refractivity contribution in [3.63, 3.8) is 0 Å². The summed E-state index contributed by atoms with van der Waals surface area (Å²) in [6.45, 7) is 5.98. The molecule has 3 heterocycles. The first kappa shape index (κ1) is 24.0. The lowest BCUT2D eigenvalue weighted by molar-refractivity contribution is -0.116. The van der Waals surface area contributed by atoms with Crippen molar-refractivity contribution in [2.45, 2.75) is 13.5 Å². The van der Waals surface area contributed by atoms with Crippen LogP contribution in [-0.4, -0.2) is 20.7 Å². The van der Waals surface area contributed by atoms with Gasteiger partial charge >= 0.3 is 0 Å². The summed E-state index contributed by atoms with van der Waals surface area (Å²) in [5, 5.41) is 17.4. The monoisotopic (exact) mass is 504 g/mol. The molecular weight excluding hydrogens is 480 g/mol. The fraction of sp³-hybridized carbons (Fsp3) is 0.103. The van der Waals surface area contributed by atoms with E-state index in [0.717, 1.165) is 53.9 Å². The summed E-state index contributed by atoms with van der Waals surface area (Å²) in [6, 6.07) is 15.9. The Morgan fingerprint density at radius 3 is 2.62 bits per heavy atom. The van der Waals surface area contributed by atoms with Crippen LogP contribution in [0.2, 0.25) is 0 Å². The number of thiophene rings is 1. The van der Waals surface area contributed by atoms with E-state index in [-0.39, 0.29) is 5.91 Å². The van der Waals surface area contributed by atoms with Crippen LogP contribution in [-0.2, 0) is 18.4 Å². The van der Waals surface area contributed by atoms with Crippen LogP contribution in [0.3, 0.4) is 0 Å². The molecule has 3 aromatic heterocycles. The highest BCUT2D eigenvalue weighted by molar-refractivity contribution is 7.23. The Morgan fingerprint density at radius 1 is 1.19 bits per heavy atom. The molecule has 182 valence electrons. The Labute approximate surface area is 218 Å². The number of nitriles is 1. The van der Waals surface area contributed by atoms with Crippen LogP contribution < -0.4 is 11.1 Å². The Bertz CT molecular complexity index is 1710. The minimum absolute atomic E-state index is 0.208. The number of nitrogens with one attached hydrogen (secondary N) is 1. The Balaban J connectivity index is 1.74. The third-order valence-corrected chi connectivity index (χ3v) is 7.50. The van der Waals surface area contributed by atoms with Gasteiger partial charge in [-0.05, 0) is 47.4 Å². The van der Waals surface area contributed by atoms with E-state index in [0.29, 0.717) is 17.9 Å². The number of anilines is 1. The SMILES string of the molecule is C=CC(=O)NCc1ccc(-c2sc3c(-c4cnn(C)c4)cnc(N)c3c2-c2ccc(C#N)cc2)c(C)c1. The molecule has 37 heavy (non-hydrogen) atoms. The number of hydrogen-bond donors (Lipinski definition) is 2. The number of fused-ring (bicyclic) bond motifs is 1. The van der Waals surface area contributed by atoms with Crippen LogP contribution in [0.5, 0.6) is 0 Å².